The van der Waals surface area contributed by atoms with Crippen molar-refractivity contribution < 1.29 is 0 Å². The van der Waals surface area contributed by atoms with Gasteiger partial charge in [-0.15, -0.1) is 0 Å². The number of fused-ring (bicyclic) bond motifs is 1. The van der Waals surface area contributed by atoms with E-state index in [9.17, 15) is 0 Å². The summed E-state index contributed by atoms with van der Waals surface area (Å²) in [6, 6.07) is 16.3. The fourth-order valence-corrected chi connectivity index (χ4v) is 3.65. The molecule has 0 saturated carbocycles. The molecule has 1 aromatic heterocycles. The molecule has 2 aromatic carbocycles. The average Bonchev–Trinajstić information content (AvgIpc) is 2.95. The van der Waals surface area contributed by atoms with Crippen molar-refractivity contribution in [2.24, 2.45) is 5.92 Å². The van der Waals surface area contributed by atoms with Gasteiger partial charge in [0.15, 0.2) is 0 Å². The number of halogens is 1. The highest BCUT2D eigenvalue weighted by Crippen LogP contribution is 2.31. The van der Waals surface area contributed by atoms with Crippen LogP contribution in [0.2, 0.25) is 5.02 Å². The van der Waals surface area contributed by atoms with Crippen LogP contribution < -0.4 is 5.32 Å². The number of benzene rings is 2. The van der Waals surface area contributed by atoms with Crippen LogP contribution in [0, 0.1) is 5.92 Å². The molecule has 0 unspecified atom stereocenters. The first-order valence-electron chi connectivity index (χ1n) is 8.24. The van der Waals surface area contributed by atoms with Crippen LogP contribution in [0.15, 0.2) is 48.5 Å². The number of para-hydroxylation sites is 2. The molecule has 1 fully saturated rings. The predicted molar refractivity (Wildman–Crippen MR) is 95.8 cm³/mol. The first-order chi connectivity index (χ1) is 11.3. The molecule has 4 rings (SSSR count). The zero-order valence-corrected chi connectivity index (χ0v) is 13.8. The van der Waals surface area contributed by atoms with Crippen LogP contribution in [0.1, 0.15) is 12.8 Å². The lowest BCUT2D eigenvalue weighted by Crippen LogP contribution is -2.30. The van der Waals surface area contributed by atoms with E-state index in [-0.39, 0.29) is 0 Å². The highest BCUT2D eigenvalue weighted by atomic mass is 35.5. The van der Waals surface area contributed by atoms with Gasteiger partial charge in [0, 0.05) is 12.1 Å². The highest BCUT2D eigenvalue weighted by Gasteiger charge is 2.19. The van der Waals surface area contributed by atoms with Crippen LogP contribution in [0.25, 0.3) is 22.4 Å². The molecule has 1 N–H and O–H groups in total. The maximum atomic E-state index is 6.44. The lowest BCUT2D eigenvalue weighted by atomic mass is 9.98. The van der Waals surface area contributed by atoms with Crippen molar-refractivity contribution in [1.29, 1.82) is 0 Å². The summed E-state index contributed by atoms with van der Waals surface area (Å²) < 4.78 is 2.35. The summed E-state index contributed by atoms with van der Waals surface area (Å²) in [4.78, 5) is 4.87. The van der Waals surface area contributed by atoms with E-state index in [4.69, 9.17) is 16.6 Å². The van der Waals surface area contributed by atoms with Gasteiger partial charge in [0.2, 0.25) is 0 Å². The third kappa shape index (κ3) is 2.87. The van der Waals surface area contributed by atoms with Gasteiger partial charge < -0.3 is 9.88 Å². The van der Waals surface area contributed by atoms with Crippen molar-refractivity contribution in [3.05, 3.63) is 53.6 Å². The maximum Gasteiger partial charge on any atom is 0.142 e. The Morgan fingerprint density at radius 3 is 2.61 bits per heavy atom. The number of imidazole rings is 1. The van der Waals surface area contributed by atoms with E-state index in [1.54, 1.807) is 0 Å². The molecule has 1 saturated heterocycles. The minimum absolute atomic E-state index is 0.690. The van der Waals surface area contributed by atoms with Crippen molar-refractivity contribution >= 4 is 22.6 Å². The number of nitrogens with zero attached hydrogens (tertiary/aromatic N) is 2. The molecule has 118 valence electrons. The van der Waals surface area contributed by atoms with Crippen molar-refractivity contribution in [3.63, 3.8) is 0 Å². The van der Waals surface area contributed by atoms with E-state index >= 15 is 0 Å². The van der Waals surface area contributed by atoms with Gasteiger partial charge in [-0.2, -0.15) is 0 Å². The van der Waals surface area contributed by atoms with Crippen LogP contribution in [-0.2, 0) is 6.54 Å². The van der Waals surface area contributed by atoms with Crippen molar-refractivity contribution in [2.45, 2.75) is 19.4 Å². The molecular formula is C19H20ClN3. The lowest BCUT2D eigenvalue weighted by Gasteiger charge is -2.24. The number of hydrogen-bond donors (Lipinski definition) is 1. The molecule has 0 radical (unpaired) electrons. The number of hydrogen-bond acceptors (Lipinski definition) is 2. The van der Waals surface area contributed by atoms with Crippen LogP contribution in [0.3, 0.4) is 0 Å². The molecule has 3 aromatic rings. The summed E-state index contributed by atoms with van der Waals surface area (Å²) in [7, 11) is 0. The first-order valence-corrected chi connectivity index (χ1v) is 8.61. The Balaban J connectivity index is 1.83. The molecule has 2 heterocycles. The molecule has 1 aliphatic rings. The average molecular weight is 326 g/mol. The van der Waals surface area contributed by atoms with Crippen molar-refractivity contribution in [2.75, 3.05) is 13.1 Å². The van der Waals surface area contributed by atoms with Crippen LogP contribution in [-0.4, -0.2) is 22.6 Å². The normalized spacial score (nSPS) is 16.0. The Labute approximate surface area is 141 Å². The molecule has 4 heteroatoms. The summed E-state index contributed by atoms with van der Waals surface area (Å²) in [6.07, 6.45) is 2.43. The summed E-state index contributed by atoms with van der Waals surface area (Å²) in [5.74, 6) is 1.67. The molecule has 0 spiro atoms. The monoisotopic (exact) mass is 325 g/mol. The van der Waals surface area contributed by atoms with Gasteiger partial charge in [0.25, 0.3) is 0 Å². The lowest BCUT2D eigenvalue weighted by molar-refractivity contribution is 0.337. The van der Waals surface area contributed by atoms with Gasteiger partial charge in [0.1, 0.15) is 5.82 Å². The largest absolute Gasteiger partial charge is 0.324 e. The van der Waals surface area contributed by atoms with Crippen molar-refractivity contribution in [3.8, 4) is 11.4 Å². The third-order valence-electron chi connectivity index (χ3n) is 4.67. The van der Waals surface area contributed by atoms with Gasteiger partial charge in [-0.3, -0.25) is 0 Å². The van der Waals surface area contributed by atoms with E-state index in [0.717, 1.165) is 41.6 Å². The Bertz CT molecular complexity index is 818. The second-order valence-electron chi connectivity index (χ2n) is 6.21. The summed E-state index contributed by atoms with van der Waals surface area (Å²) in [5.41, 5.74) is 3.25. The van der Waals surface area contributed by atoms with Gasteiger partial charge in [-0.25, -0.2) is 4.98 Å². The number of rotatable bonds is 3. The Morgan fingerprint density at radius 1 is 1.04 bits per heavy atom. The van der Waals surface area contributed by atoms with E-state index < -0.39 is 0 Å². The smallest absolute Gasteiger partial charge is 0.142 e. The Morgan fingerprint density at radius 2 is 1.78 bits per heavy atom. The standard InChI is InChI=1S/C19H20ClN3/c20-16-6-2-1-5-15(16)19-22-17-7-3-4-8-18(17)23(19)13-14-9-11-21-12-10-14/h1-8,14,21H,9-13H2. The molecular weight excluding hydrogens is 306 g/mol. The van der Waals surface area contributed by atoms with Crippen LogP contribution in [0.5, 0.6) is 0 Å². The summed E-state index contributed by atoms with van der Waals surface area (Å²) >= 11 is 6.44. The minimum Gasteiger partial charge on any atom is -0.324 e. The second kappa shape index (κ2) is 6.34. The van der Waals surface area contributed by atoms with E-state index in [1.165, 1.54) is 18.4 Å². The topological polar surface area (TPSA) is 29.9 Å². The van der Waals surface area contributed by atoms with Gasteiger partial charge in [-0.1, -0.05) is 35.9 Å². The SMILES string of the molecule is Clc1ccccc1-c1nc2ccccc2n1CC1CCNCC1. The Hall–Kier alpha value is -1.84. The molecule has 0 bridgehead atoms. The molecule has 23 heavy (non-hydrogen) atoms. The van der Waals surface area contributed by atoms with E-state index in [2.05, 4.69) is 34.1 Å². The van der Waals surface area contributed by atoms with Gasteiger partial charge in [-0.05, 0) is 56.1 Å². The van der Waals surface area contributed by atoms with Crippen molar-refractivity contribution in [1.82, 2.24) is 14.9 Å². The zero-order chi connectivity index (χ0) is 15.6. The highest BCUT2D eigenvalue weighted by molar-refractivity contribution is 6.33. The van der Waals surface area contributed by atoms with Gasteiger partial charge in [0.05, 0.1) is 16.1 Å². The first kappa shape index (κ1) is 14.7. The number of aromatic nitrogens is 2. The third-order valence-corrected chi connectivity index (χ3v) is 5.00. The molecule has 0 atom stereocenters. The van der Waals surface area contributed by atoms with E-state index in [1.807, 2.05) is 24.3 Å². The predicted octanol–water partition coefficient (Wildman–Crippen LogP) is 4.36. The minimum atomic E-state index is 0.690. The van der Waals surface area contributed by atoms with Crippen LogP contribution in [0.4, 0.5) is 0 Å². The second-order valence-corrected chi connectivity index (χ2v) is 6.62. The molecule has 1 aliphatic heterocycles. The van der Waals surface area contributed by atoms with E-state index in [0.29, 0.717) is 5.92 Å². The summed E-state index contributed by atoms with van der Waals surface area (Å²) in [6.45, 7) is 3.22. The molecule has 3 nitrogen and oxygen atoms in total. The Kier molecular flexibility index (Phi) is 4.06. The maximum absolute atomic E-state index is 6.44. The zero-order valence-electron chi connectivity index (χ0n) is 13.0. The molecule has 0 amide bonds. The fourth-order valence-electron chi connectivity index (χ4n) is 3.43. The fraction of sp³-hybridized carbons (Fsp3) is 0.316. The molecule has 0 aliphatic carbocycles. The quantitative estimate of drug-likeness (QED) is 0.775. The number of nitrogens with one attached hydrogen (secondary N) is 1. The van der Waals surface area contributed by atoms with Gasteiger partial charge >= 0.3 is 0 Å². The summed E-state index contributed by atoms with van der Waals surface area (Å²) in [5, 5.41) is 4.20. The number of piperidine rings is 1. The van der Waals surface area contributed by atoms with Crippen LogP contribution >= 0.6 is 11.6 Å².